The third kappa shape index (κ3) is 4.00. The van der Waals surface area contributed by atoms with Crippen LogP contribution in [0.1, 0.15) is 36.7 Å². The molecule has 0 aliphatic carbocycles. The Morgan fingerprint density at radius 1 is 1.30 bits per heavy atom. The summed E-state index contributed by atoms with van der Waals surface area (Å²) in [4.78, 5) is 29.7. The number of carbonyl (C=O) groups excluding carboxylic acids is 2. The summed E-state index contributed by atoms with van der Waals surface area (Å²) >= 11 is 17.5. The number of aromatic nitrogens is 1. The molecular weight excluding hydrogens is 365 g/mol. The van der Waals surface area contributed by atoms with Gasteiger partial charge in [-0.15, -0.1) is 0 Å². The molecule has 1 fully saturated rings. The van der Waals surface area contributed by atoms with Crippen LogP contribution in [0.25, 0.3) is 0 Å². The predicted octanol–water partition coefficient (Wildman–Crippen LogP) is 3.18. The van der Waals surface area contributed by atoms with Crippen molar-refractivity contribution in [2.24, 2.45) is 0 Å². The van der Waals surface area contributed by atoms with Crippen molar-refractivity contribution in [3.63, 3.8) is 0 Å². The van der Waals surface area contributed by atoms with Crippen molar-refractivity contribution in [2.75, 3.05) is 18.9 Å². The van der Waals surface area contributed by atoms with Crippen LogP contribution in [0.15, 0.2) is 0 Å². The van der Waals surface area contributed by atoms with E-state index in [0.717, 1.165) is 19.3 Å². The number of nitrogen functional groups attached to an aromatic ring is 1. The van der Waals surface area contributed by atoms with Gasteiger partial charge in [-0.2, -0.15) is 0 Å². The van der Waals surface area contributed by atoms with Gasteiger partial charge in [0.15, 0.2) is 17.5 Å². The summed E-state index contributed by atoms with van der Waals surface area (Å²) in [6.07, 6.45) is 2.98. The van der Waals surface area contributed by atoms with Crippen LogP contribution in [0, 0.1) is 0 Å². The maximum atomic E-state index is 12.1. The minimum absolute atomic E-state index is 0.0357. The number of ether oxygens (including phenoxy) is 1. The Labute approximate surface area is 148 Å². The molecule has 1 aliphatic rings. The highest BCUT2D eigenvalue weighted by molar-refractivity contribution is 6.46. The second-order valence-electron chi connectivity index (χ2n) is 5.30. The zero-order valence-electron chi connectivity index (χ0n) is 12.4. The fraction of sp³-hybridized carbons (Fsp3) is 0.500. The highest BCUT2D eigenvalue weighted by atomic mass is 35.5. The molecule has 1 aromatic heterocycles. The van der Waals surface area contributed by atoms with Crippen molar-refractivity contribution in [2.45, 2.75) is 32.2 Å². The number of pyridine rings is 1. The molecule has 1 amide bonds. The Balaban J connectivity index is 2.04. The molecule has 1 saturated heterocycles. The second kappa shape index (κ2) is 7.55. The fourth-order valence-corrected chi connectivity index (χ4v) is 3.00. The third-order valence-electron chi connectivity index (χ3n) is 3.72. The lowest BCUT2D eigenvalue weighted by Gasteiger charge is -2.33. The first-order chi connectivity index (χ1) is 10.8. The van der Waals surface area contributed by atoms with E-state index in [9.17, 15) is 9.59 Å². The van der Waals surface area contributed by atoms with Crippen molar-refractivity contribution in [1.29, 1.82) is 0 Å². The molecule has 2 heterocycles. The summed E-state index contributed by atoms with van der Waals surface area (Å²) < 4.78 is 4.99. The number of nitrogens with two attached hydrogens (primary N) is 1. The van der Waals surface area contributed by atoms with E-state index in [4.69, 9.17) is 45.3 Å². The van der Waals surface area contributed by atoms with Gasteiger partial charge in [-0.1, -0.05) is 34.8 Å². The van der Waals surface area contributed by atoms with Crippen LogP contribution in [0.5, 0.6) is 0 Å². The first kappa shape index (κ1) is 18.1. The van der Waals surface area contributed by atoms with Gasteiger partial charge in [-0.05, 0) is 26.2 Å². The predicted molar refractivity (Wildman–Crippen MR) is 89.0 cm³/mol. The van der Waals surface area contributed by atoms with E-state index >= 15 is 0 Å². The molecule has 2 rings (SSSR count). The molecule has 0 aromatic carbocycles. The molecule has 0 saturated carbocycles. The Morgan fingerprint density at radius 2 is 2.00 bits per heavy atom. The summed E-state index contributed by atoms with van der Waals surface area (Å²) in [5.74, 6) is -1.13. The Morgan fingerprint density at radius 3 is 2.65 bits per heavy atom. The van der Waals surface area contributed by atoms with Gasteiger partial charge >= 0.3 is 5.97 Å². The van der Waals surface area contributed by atoms with E-state index in [1.807, 2.05) is 6.92 Å². The number of halogens is 3. The van der Waals surface area contributed by atoms with Crippen LogP contribution >= 0.6 is 34.8 Å². The van der Waals surface area contributed by atoms with Gasteiger partial charge in [0.1, 0.15) is 5.02 Å². The molecule has 1 atom stereocenters. The first-order valence-electron chi connectivity index (χ1n) is 7.09. The van der Waals surface area contributed by atoms with Crippen LogP contribution in [0.4, 0.5) is 5.69 Å². The third-order valence-corrected chi connectivity index (χ3v) is 4.85. The summed E-state index contributed by atoms with van der Waals surface area (Å²) in [6.45, 7) is 2.24. The Bertz CT molecular complexity index is 639. The standard InChI is InChI=1S/C14H16Cl3N3O3/c1-7-4-2-3-5-20(7)8(21)6-23-14(22)12-9(15)11(18)10(16)13(17)19-12/h7H,2-6H2,1H3,(H2,18,19)/t7-/m1/s1. The van der Waals surface area contributed by atoms with Crippen molar-refractivity contribution in [3.8, 4) is 0 Å². The lowest BCUT2D eigenvalue weighted by molar-refractivity contribution is -0.137. The van der Waals surface area contributed by atoms with E-state index in [1.165, 1.54) is 0 Å². The molecule has 0 bridgehead atoms. The van der Waals surface area contributed by atoms with Gasteiger partial charge < -0.3 is 15.4 Å². The van der Waals surface area contributed by atoms with Gasteiger partial charge in [0.25, 0.3) is 5.91 Å². The molecule has 2 N–H and O–H groups in total. The summed E-state index contributed by atoms with van der Waals surface area (Å²) in [6, 6.07) is 0.136. The largest absolute Gasteiger partial charge is 0.451 e. The Kier molecular flexibility index (Phi) is 5.95. The maximum Gasteiger partial charge on any atom is 0.359 e. The SMILES string of the molecule is C[C@@H]1CCCCN1C(=O)COC(=O)c1nc(Cl)c(Cl)c(N)c1Cl. The van der Waals surface area contributed by atoms with Crippen molar-refractivity contribution in [1.82, 2.24) is 9.88 Å². The maximum absolute atomic E-state index is 12.1. The van der Waals surface area contributed by atoms with E-state index < -0.39 is 5.97 Å². The van der Waals surface area contributed by atoms with Crippen molar-refractivity contribution in [3.05, 3.63) is 20.9 Å². The highest BCUT2D eigenvalue weighted by Gasteiger charge is 2.26. The molecule has 6 nitrogen and oxygen atoms in total. The van der Waals surface area contributed by atoms with Crippen LogP contribution in [0.2, 0.25) is 15.2 Å². The molecule has 23 heavy (non-hydrogen) atoms. The van der Waals surface area contributed by atoms with Crippen LogP contribution in [-0.4, -0.2) is 41.0 Å². The molecule has 1 aliphatic heterocycles. The van der Waals surface area contributed by atoms with Gasteiger partial charge in [-0.25, -0.2) is 9.78 Å². The number of hydrogen-bond donors (Lipinski definition) is 1. The fourth-order valence-electron chi connectivity index (χ4n) is 2.41. The number of anilines is 1. The quantitative estimate of drug-likeness (QED) is 0.643. The highest BCUT2D eigenvalue weighted by Crippen LogP contribution is 2.34. The number of carbonyl (C=O) groups is 2. The number of esters is 1. The van der Waals surface area contributed by atoms with Gasteiger partial charge in [0, 0.05) is 12.6 Å². The van der Waals surface area contributed by atoms with E-state index in [-0.39, 0.29) is 45.1 Å². The minimum Gasteiger partial charge on any atom is -0.451 e. The number of amides is 1. The zero-order valence-corrected chi connectivity index (χ0v) is 14.7. The van der Waals surface area contributed by atoms with Crippen LogP contribution in [0.3, 0.4) is 0 Å². The average Bonchev–Trinajstić information content (AvgIpc) is 2.54. The lowest BCUT2D eigenvalue weighted by Crippen LogP contribution is -2.44. The van der Waals surface area contributed by atoms with E-state index in [0.29, 0.717) is 6.54 Å². The second-order valence-corrected chi connectivity index (χ2v) is 6.41. The topological polar surface area (TPSA) is 85.5 Å². The zero-order chi connectivity index (χ0) is 17.1. The molecule has 0 spiro atoms. The smallest absolute Gasteiger partial charge is 0.359 e. The molecule has 0 radical (unpaired) electrons. The molecular formula is C14H16Cl3N3O3. The molecule has 126 valence electrons. The average molecular weight is 381 g/mol. The van der Waals surface area contributed by atoms with Gasteiger partial charge in [0.05, 0.1) is 10.7 Å². The van der Waals surface area contributed by atoms with Crippen LogP contribution in [-0.2, 0) is 9.53 Å². The normalized spacial score (nSPS) is 17.9. The minimum atomic E-state index is -0.877. The van der Waals surface area contributed by atoms with Crippen LogP contribution < -0.4 is 5.73 Å². The number of hydrogen-bond acceptors (Lipinski definition) is 5. The van der Waals surface area contributed by atoms with E-state index in [2.05, 4.69) is 4.98 Å². The van der Waals surface area contributed by atoms with Crippen molar-refractivity contribution < 1.29 is 14.3 Å². The first-order valence-corrected chi connectivity index (χ1v) is 8.22. The number of likely N-dealkylation sites (tertiary alicyclic amines) is 1. The number of rotatable bonds is 3. The molecule has 9 heteroatoms. The summed E-state index contributed by atoms with van der Waals surface area (Å²) in [5.41, 5.74) is 5.32. The molecule has 0 unspecified atom stereocenters. The summed E-state index contributed by atoms with van der Waals surface area (Å²) in [7, 11) is 0. The van der Waals surface area contributed by atoms with Gasteiger partial charge in [0.2, 0.25) is 0 Å². The lowest BCUT2D eigenvalue weighted by atomic mass is 10.0. The molecule has 1 aromatic rings. The number of nitrogens with zero attached hydrogens (tertiary/aromatic N) is 2. The van der Waals surface area contributed by atoms with Crippen molar-refractivity contribution >= 4 is 52.4 Å². The monoisotopic (exact) mass is 379 g/mol. The van der Waals surface area contributed by atoms with E-state index in [1.54, 1.807) is 4.90 Å². The Hall–Kier alpha value is -1.24. The summed E-state index contributed by atoms with van der Waals surface area (Å²) in [5, 5.41) is -0.342. The number of piperidine rings is 1. The van der Waals surface area contributed by atoms with Gasteiger partial charge in [-0.3, -0.25) is 4.79 Å².